The Labute approximate surface area is 142 Å². The number of hydrogen-bond donors (Lipinski definition) is 0. The first kappa shape index (κ1) is 14.2. The van der Waals surface area contributed by atoms with Crippen molar-refractivity contribution in [3.8, 4) is 0 Å². The van der Waals surface area contributed by atoms with Gasteiger partial charge in [-0.3, -0.25) is 0 Å². The van der Waals surface area contributed by atoms with Crippen LogP contribution in [-0.4, -0.2) is 48.1 Å². The molecule has 23 heavy (non-hydrogen) atoms. The molecule has 0 bridgehead atoms. The van der Waals surface area contributed by atoms with Crippen LogP contribution in [0.5, 0.6) is 0 Å². The number of piperazine rings is 1. The summed E-state index contributed by atoms with van der Waals surface area (Å²) in [4.78, 5) is 2.53. The van der Waals surface area contributed by atoms with E-state index in [1.165, 1.54) is 85.3 Å². The van der Waals surface area contributed by atoms with E-state index < -0.39 is 0 Å². The summed E-state index contributed by atoms with van der Waals surface area (Å²) in [6, 6.07) is 9.43. The van der Waals surface area contributed by atoms with E-state index in [9.17, 15) is 0 Å². The van der Waals surface area contributed by atoms with E-state index in [-0.39, 0.29) is 0 Å². The fourth-order valence-corrected chi connectivity index (χ4v) is 6.12. The second-order valence-corrected chi connectivity index (χ2v) is 8.68. The first-order valence-electron chi connectivity index (χ1n) is 9.19. The van der Waals surface area contributed by atoms with Crippen LogP contribution in [0.15, 0.2) is 18.2 Å². The third-order valence-electron chi connectivity index (χ3n) is 6.60. The Morgan fingerprint density at radius 2 is 1.87 bits per heavy atom. The fourth-order valence-electron chi connectivity index (χ4n) is 5.35. The molecule has 3 aliphatic rings. The van der Waals surface area contributed by atoms with Crippen molar-refractivity contribution < 1.29 is 4.48 Å². The Hall–Kier alpha value is -1.13. The maximum atomic E-state index is 4.75. The summed E-state index contributed by atoms with van der Waals surface area (Å²) < 4.78 is 7.42. The molecule has 2 saturated heterocycles. The zero-order chi connectivity index (χ0) is 15.3. The predicted molar refractivity (Wildman–Crippen MR) is 95.8 cm³/mol. The Morgan fingerprint density at radius 3 is 2.61 bits per heavy atom. The summed E-state index contributed by atoms with van der Waals surface area (Å²) in [7, 11) is 0. The van der Waals surface area contributed by atoms with E-state index in [2.05, 4.69) is 23.1 Å². The predicted octanol–water partition coefficient (Wildman–Crippen LogP) is 3.55. The molecule has 1 aliphatic carbocycles. The number of quaternary nitrogens is 1. The van der Waals surface area contributed by atoms with Crippen LogP contribution in [-0.2, 0) is 0 Å². The van der Waals surface area contributed by atoms with Gasteiger partial charge in [0, 0.05) is 11.8 Å². The summed E-state index contributed by atoms with van der Waals surface area (Å²) >= 11 is 1.62. The van der Waals surface area contributed by atoms with Crippen LogP contribution < -0.4 is 4.90 Å². The molecular weight excluding hydrogens is 302 g/mol. The summed E-state index contributed by atoms with van der Waals surface area (Å²) in [5.74, 6) is 3.28. The van der Waals surface area contributed by atoms with Gasteiger partial charge in [-0.25, -0.2) is 0 Å². The molecule has 2 aromatic rings. The van der Waals surface area contributed by atoms with Crippen LogP contribution in [0.25, 0.3) is 10.1 Å². The van der Waals surface area contributed by atoms with Crippen LogP contribution >= 0.6 is 11.5 Å². The third kappa shape index (κ3) is 2.38. The molecule has 0 amide bonds. The Balaban J connectivity index is 1.33. The molecule has 0 radical (unpaired) electrons. The molecule has 1 spiro atoms. The highest BCUT2D eigenvalue weighted by Crippen LogP contribution is 2.41. The largest absolute Gasteiger partial charge is 0.346 e. The lowest BCUT2D eigenvalue weighted by Crippen LogP contribution is -2.58. The summed E-state index contributed by atoms with van der Waals surface area (Å²) in [5.41, 5.74) is 0. The molecule has 0 N–H and O–H groups in total. The molecule has 3 heterocycles. The van der Waals surface area contributed by atoms with Crippen molar-refractivity contribution in [1.82, 2.24) is 4.37 Å². The molecule has 122 valence electrons. The standard InChI is InChI=1S/C19H25N3S/c1-2-6-16-14-22(13-15(16)5-1)11-9-21(10-12-22)19-17-7-3-4-8-18(17)23-20-19/h3,7-8,15-16H,1-2,5-6,9-14H2/t15-,16-/m0/s1. The van der Waals surface area contributed by atoms with Gasteiger partial charge in [-0.15, -0.1) is 11.5 Å². The van der Waals surface area contributed by atoms with Gasteiger partial charge in [-0.1, -0.05) is 22.9 Å². The van der Waals surface area contributed by atoms with E-state index in [0.29, 0.717) is 0 Å². The van der Waals surface area contributed by atoms with Crippen LogP contribution in [0.2, 0.25) is 0 Å². The SMILES string of the molecule is [c-]1ccc2c(N3CC[N+]4(CC3)C[C@@H]3CCCC[C@H]3C4)nsc2c1. The smallest absolute Gasteiger partial charge is 0.124 e. The Kier molecular flexibility index (Phi) is 3.37. The van der Waals surface area contributed by atoms with Crippen molar-refractivity contribution in [2.75, 3.05) is 44.2 Å². The lowest BCUT2D eigenvalue weighted by atomic mass is 9.82. The van der Waals surface area contributed by atoms with Crippen LogP contribution in [0.1, 0.15) is 25.7 Å². The zero-order valence-corrected chi connectivity index (χ0v) is 14.5. The van der Waals surface area contributed by atoms with Gasteiger partial charge in [0.1, 0.15) is 5.82 Å². The van der Waals surface area contributed by atoms with E-state index >= 15 is 0 Å². The lowest BCUT2D eigenvalue weighted by Gasteiger charge is -2.43. The number of aromatic nitrogens is 1. The zero-order valence-electron chi connectivity index (χ0n) is 13.7. The first-order valence-corrected chi connectivity index (χ1v) is 9.96. The van der Waals surface area contributed by atoms with Gasteiger partial charge in [0.15, 0.2) is 0 Å². The second kappa shape index (κ2) is 5.45. The average Bonchev–Trinajstić information content (AvgIpc) is 3.17. The quantitative estimate of drug-likeness (QED) is 0.588. The van der Waals surface area contributed by atoms with Crippen molar-refractivity contribution in [2.45, 2.75) is 25.7 Å². The van der Waals surface area contributed by atoms with Crippen LogP contribution in [0.4, 0.5) is 5.82 Å². The average molecular weight is 327 g/mol. The molecule has 4 heteroatoms. The first-order chi connectivity index (χ1) is 11.3. The van der Waals surface area contributed by atoms with Crippen molar-refractivity contribution >= 4 is 27.4 Å². The number of anilines is 1. The molecule has 2 aliphatic heterocycles. The molecule has 1 aromatic carbocycles. The van der Waals surface area contributed by atoms with Crippen LogP contribution in [0, 0.1) is 17.9 Å². The van der Waals surface area contributed by atoms with Gasteiger partial charge in [0.2, 0.25) is 0 Å². The van der Waals surface area contributed by atoms with Gasteiger partial charge in [-0.2, -0.15) is 28.6 Å². The van der Waals surface area contributed by atoms with Gasteiger partial charge < -0.3 is 9.38 Å². The molecule has 3 nitrogen and oxygen atoms in total. The summed E-state index contributed by atoms with van der Waals surface area (Å²) in [6.45, 7) is 7.93. The molecule has 1 aromatic heterocycles. The van der Waals surface area contributed by atoms with Crippen molar-refractivity contribution in [3.63, 3.8) is 0 Å². The van der Waals surface area contributed by atoms with Gasteiger partial charge >= 0.3 is 0 Å². The van der Waals surface area contributed by atoms with E-state index in [0.717, 1.165) is 11.8 Å². The van der Waals surface area contributed by atoms with Crippen molar-refractivity contribution in [3.05, 3.63) is 24.3 Å². The number of rotatable bonds is 1. The highest BCUT2D eigenvalue weighted by Gasteiger charge is 2.47. The van der Waals surface area contributed by atoms with E-state index in [1.54, 1.807) is 11.5 Å². The highest BCUT2D eigenvalue weighted by atomic mass is 32.1. The normalized spacial score (nSPS) is 30.0. The van der Waals surface area contributed by atoms with Crippen molar-refractivity contribution in [2.24, 2.45) is 11.8 Å². The second-order valence-electron chi connectivity index (χ2n) is 7.87. The van der Waals surface area contributed by atoms with E-state index in [1.807, 2.05) is 6.07 Å². The lowest BCUT2D eigenvalue weighted by molar-refractivity contribution is -0.919. The maximum absolute atomic E-state index is 4.75. The molecule has 2 atom stereocenters. The van der Waals surface area contributed by atoms with Gasteiger partial charge in [0.25, 0.3) is 0 Å². The number of nitrogens with zero attached hydrogens (tertiary/aromatic N) is 3. The fraction of sp³-hybridized carbons (Fsp3) is 0.632. The maximum Gasteiger partial charge on any atom is 0.124 e. The number of hydrogen-bond acceptors (Lipinski definition) is 3. The topological polar surface area (TPSA) is 16.1 Å². The molecule has 1 saturated carbocycles. The molecular formula is C19H25N3S. The van der Waals surface area contributed by atoms with Gasteiger partial charge in [0.05, 0.1) is 39.3 Å². The molecule has 3 fully saturated rings. The molecule has 5 rings (SSSR count). The van der Waals surface area contributed by atoms with Gasteiger partial charge in [-0.05, 0) is 12.8 Å². The monoisotopic (exact) mass is 327 g/mol. The summed E-state index contributed by atoms with van der Waals surface area (Å²) in [6.07, 6.45) is 5.97. The molecule has 0 unspecified atom stereocenters. The third-order valence-corrected chi connectivity index (χ3v) is 7.39. The van der Waals surface area contributed by atoms with Crippen LogP contribution in [0.3, 0.4) is 0 Å². The van der Waals surface area contributed by atoms with Crippen molar-refractivity contribution in [1.29, 1.82) is 0 Å². The summed E-state index contributed by atoms with van der Waals surface area (Å²) in [5, 5.41) is 1.32. The number of benzene rings is 1. The van der Waals surface area contributed by atoms with E-state index in [4.69, 9.17) is 4.37 Å². The Morgan fingerprint density at radius 1 is 1.13 bits per heavy atom. The Bertz CT molecular complexity index is 685. The minimum Gasteiger partial charge on any atom is -0.346 e. The minimum atomic E-state index is 1.03. The number of fused-ring (bicyclic) bond motifs is 2. The highest BCUT2D eigenvalue weighted by molar-refractivity contribution is 7.13. The minimum absolute atomic E-state index is 1.03.